The first-order valence-corrected chi connectivity index (χ1v) is 15.0. The highest BCUT2D eigenvalue weighted by Gasteiger charge is 2.35. The van der Waals surface area contributed by atoms with Crippen LogP contribution in [0.15, 0.2) is 47.4 Å². The lowest BCUT2D eigenvalue weighted by molar-refractivity contribution is -0.122. The molecule has 1 saturated carbocycles. The number of fused-ring (bicyclic) bond motifs is 1. The van der Waals surface area contributed by atoms with E-state index in [1.54, 1.807) is 56.3 Å². The molecule has 1 aliphatic carbocycles. The van der Waals surface area contributed by atoms with Crippen LogP contribution in [0.3, 0.4) is 0 Å². The van der Waals surface area contributed by atoms with Gasteiger partial charge < -0.3 is 19.7 Å². The Morgan fingerprint density at radius 3 is 2.41 bits per heavy atom. The van der Waals surface area contributed by atoms with Crippen LogP contribution in [0.2, 0.25) is 5.02 Å². The van der Waals surface area contributed by atoms with Crippen LogP contribution in [0.1, 0.15) is 43.5 Å². The van der Waals surface area contributed by atoms with Crippen LogP contribution >= 0.6 is 11.6 Å². The summed E-state index contributed by atoms with van der Waals surface area (Å²) in [5.74, 6) is -0.271. The van der Waals surface area contributed by atoms with Crippen LogP contribution in [0, 0.1) is 11.8 Å². The van der Waals surface area contributed by atoms with Gasteiger partial charge >= 0.3 is 0 Å². The van der Waals surface area contributed by atoms with Gasteiger partial charge in [0, 0.05) is 49.9 Å². The number of rotatable bonds is 5. The molecule has 212 valence electrons. The number of sulfonamides is 1. The number of carbonyl (C=O) groups is 2. The van der Waals surface area contributed by atoms with Crippen LogP contribution < -0.4 is 10.1 Å². The van der Waals surface area contributed by atoms with Crippen LogP contribution in [0.5, 0.6) is 5.75 Å². The molecule has 9 nitrogen and oxygen atoms in total. The van der Waals surface area contributed by atoms with Crippen LogP contribution in [-0.2, 0) is 19.6 Å². The molecular weight excluding hydrogens is 542 g/mol. The third-order valence-corrected chi connectivity index (χ3v) is 9.80. The van der Waals surface area contributed by atoms with Gasteiger partial charge in [0.05, 0.1) is 22.6 Å². The normalized spacial score (nSPS) is 23.6. The molecule has 1 heterocycles. The summed E-state index contributed by atoms with van der Waals surface area (Å²) in [6, 6.07) is 10.4. The van der Waals surface area contributed by atoms with Crippen molar-refractivity contribution < 1.29 is 27.5 Å². The minimum absolute atomic E-state index is 0.000657. The summed E-state index contributed by atoms with van der Waals surface area (Å²) in [6.07, 6.45) is 2.36. The first-order valence-electron chi connectivity index (χ1n) is 13.1. The Kier molecular flexibility index (Phi) is 9.21. The van der Waals surface area contributed by atoms with Crippen molar-refractivity contribution in [1.29, 1.82) is 0 Å². The zero-order valence-corrected chi connectivity index (χ0v) is 24.3. The molecule has 0 radical (unpaired) electrons. The Labute approximate surface area is 235 Å². The average molecular weight is 578 g/mol. The fourth-order valence-corrected chi connectivity index (χ4v) is 6.65. The number of carbonyl (C=O) groups excluding carboxylic acids is 2. The van der Waals surface area contributed by atoms with Gasteiger partial charge in [0.2, 0.25) is 15.9 Å². The number of amides is 2. The van der Waals surface area contributed by atoms with Crippen LogP contribution in [0.4, 0.5) is 5.69 Å². The van der Waals surface area contributed by atoms with Gasteiger partial charge in [-0.3, -0.25) is 9.59 Å². The molecule has 0 bridgehead atoms. The lowest BCUT2D eigenvalue weighted by Crippen LogP contribution is -2.48. The number of benzene rings is 2. The van der Waals surface area contributed by atoms with E-state index >= 15 is 0 Å². The van der Waals surface area contributed by atoms with Crippen molar-refractivity contribution in [3.63, 3.8) is 0 Å². The standard InChI is InChI=1S/C28H36ClN3O6S/c1-18-15-32(39(35,36)23-11-8-21(29)9-12-23)19(2)17-38-25-14-22(30-27(33)20-6-5-7-20)10-13-24(25)28(34)31(3)16-26(18)37-4/h8-14,18-20,26H,5-7,15-17H2,1-4H3,(H,30,33)/t18-,19-,26-/m1/s1. The molecule has 39 heavy (non-hydrogen) atoms. The first kappa shape index (κ1) is 29.3. The maximum Gasteiger partial charge on any atom is 0.257 e. The number of hydrogen-bond acceptors (Lipinski definition) is 6. The predicted octanol–water partition coefficient (Wildman–Crippen LogP) is 4.27. The molecule has 0 saturated heterocycles. The third kappa shape index (κ3) is 6.57. The summed E-state index contributed by atoms with van der Waals surface area (Å²) >= 11 is 6.00. The number of methoxy groups -OCH3 is 1. The molecule has 2 aliphatic rings. The van der Waals surface area contributed by atoms with Gasteiger partial charge in [-0.2, -0.15) is 4.31 Å². The first-order chi connectivity index (χ1) is 18.5. The second kappa shape index (κ2) is 12.2. The lowest BCUT2D eigenvalue weighted by atomic mass is 9.85. The Balaban J connectivity index is 1.69. The van der Waals surface area contributed by atoms with Gasteiger partial charge in [-0.1, -0.05) is 24.9 Å². The van der Waals surface area contributed by atoms with E-state index in [4.69, 9.17) is 21.1 Å². The van der Waals surface area contributed by atoms with Gasteiger partial charge in [0.25, 0.3) is 5.91 Å². The van der Waals surface area contributed by atoms with Gasteiger partial charge in [0.1, 0.15) is 12.4 Å². The Morgan fingerprint density at radius 1 is 1.10 bits per heavy atom. The number of anilines is 1. The van der Waals surface area contributed by atoms with Gasteiger partial charge in [0.15, 0.2) is 0 Å². The molecule has 2 aromatic carbocycles. The zero-order valence-electron chi connectivity index (χ0n) is 22.7. The van der Waals surface area contributed by atoms with E-state index in [1.807, 2.05) is 6.92 Å². The van der Waals surface area contributed by atoms with Crippen molar-refractivity contribution >= 4 is 39.1 Å². The number of hydrogen-bond donors (Lipinski definition) is 1. The number of ether oxygens (including phenoxy) is 2. The fraction of sp³-hybridized carbons (Fsp3) is 0.500. The van der Waals surface area contributed by atoms with Crippen LogP contribution in [-0.4, -0.2) is 75.4 Å². The zero-order chi connectivity index (χ0) is 28.3. The molecule has 0 unspecified atom stereocenters. The minimum Gasteiger partial charge on any atom is -0.491 e. The summed E-state index contributed by atoms with van der Waals surface area (Å²) in [4.78, 5) is 27.6. The highest BCUT2D eigenvalue weighted by atomic mass is 35.5. The van der Waals surface area contributed by atoms with E-state index in [2.05, 4.69) is 5.32 Å². The summed E-state index contributed by atoms with van der Waals surface area (Å²) in [5.41, 5.74) is 0.844. The molecule has 0 aromatic heterocycles. The lowest BCUT2D eigenvalue weighted by Gasteiger charge is -2.35. The van der Waals surface area contributed by atoms with Crippen molar-refractivity contribution in [2.75, 3.05) is 39.2 Å². The van der Waals surface area contributed by atoms with E-state index in [0.29, 0.717) is 16.3 Å². The molecule has 2 aromatic rings. The second-order valence-electron chi connectivity index (χ2n) is 10.5. The predicted molar refractivity (Wildman–Crippen MR) is 150 cm³/mol. The molecule has 1 N–H and O–H groups in total. The average Bonchev–Trinajstić information content (AvgIpc) is 2.86. The molecule has 4 rings (SSSR count). The van der Waals surface area contributed by atoms with Crippen LogP contribution in [0.25, 0.3) is 0 Å². The summed E-state index contributed by atoms with van der Waals surface area (Å²) in [7, 11) is -0.681. The van der Waals surface area contributed by atoms with Crippen molar-refractivity contribution in [1.82, 2.24) is 9.21 Å². The topological polar surface area (TPSA) is 105 Å². The van der Waals surface area contributed by atoms with Crippen molar-refractivity contribution in [3.8, 4) is 5.75 Å². The van der Waals surface area contributed by atoms with Gasteiger partial charge in [-0.25, -0.2) is 8.42 Å². The fourth-order valence-electron chi connectivity index (χ4n) is 4.81. The minimum atomic E-state index is -3.91. The molecule has 1 fully saturated rings. The summed E-state index contributed by atoms with van der Waals surface area (Å²) in [6.45, 7) is 4.06. The van der Waals surface area contributed by atoms with Crippen molar-refractivity contribution in [2.24, 2.45) is 11.8 Å². The van der Waals surface area contributed by atoms with Crippen molar-refractivity contribution in [3.05, 3.63) is 53.1 Å². The Morgan fingerprint density at radius 2 is 1.79 bits per heavy atom. The molecule has 11 heteroatoms. The summed E-state index contributed by atoms with van der Waals surface area (Å²) in [5, 5.41) is 3.36. The highest BCUT2D eigenvalue weighted by molar-refractivity contribution is 7.89. The van der Waals surface area contributed by atoms with Crippen molar-refractivity contribution in [2.45, 2.75) is 50.2 Å². The molecule has 2 amide bonds. The monoisotopic (exact) mass is 577 g/mol. The summed E-state index contributed by atoms with van der Waals surface area (Å²) < 4.78 is 40.8. The Hall–Kier alpha value is -2.66. The Bertz CT molecular complexity index is 1300. The smallest absolute Gasteiger partial charge is 0.257 e. The molecule has 0 spiro atoms. The molecule has 3 atom stereocenters. The SMILES string of the molecule is CO[C@@H]1CN(C)C(=O)c2ccc(NC(=O)C3CCC3)cc2OC[C@@H](C)N(S(=O)(=O)c2ccc(Cl)cc2)C[C@H]1C. The van der Waals surface area contributed by atoms with E-state index < -0.39 is 22.2 Å². The number of nitrogens with zero attached hydrogens (tertiary/aromatic N) is 2. The second-order valence-corrected chi connectivity index (χ2v) is 12.8. The van der Waals surface area contributed by atoms with E-state index in [1.165, 1.54) is 16.4 Å². The largest absolute Gasteiger partial charge is 0.491 e. The number of halogens is 1. The highest BCUT2D eigenvalue weighted by Crippen LogP contribution is 2.31. The maximum absolute atomic E-state index is 13.8. The maximum atomic E-state index is 13.8. The van der Waals surface area contributed by atoms with Gasteiger partial charge in [-0.15, -0.1) is 0 Å². The quantitative estimate of drug-likeness (QED) is 0.569. The van der Waals surface area contributed by atoms with E-state index in [9.17, 15) is 18.0 Å². The molecular formula is C28H36ClN3O6S. The third-order valence-electron chi connectivity index (χ3n) is 7.55. The van der Waals surface area contributed by atoms with Gasteiger partial charge in [-0.05, 0) is 62.1 Å². The number of nitrogens with one attached hydrogen (secondary N) is 1. The van der Waals surface area contributed by atoms with E-state index in [-0.39, 0.29) is 54.0 Å². The molecule has 1 aliphatic heterocycles. The van der Waals surface area contributed by atoms with E-state index in [0.717, 1.165) is 19.3 Å². The number of likely N-dealkylation sites (N-methyl/N-ethyl adjacent to an activating group) is 1.